The lowest BCUT2D eigenvalue weighted by Gasteiger charge is -2.29. The zero-order chi connectivity index (χ0) is 8.27. The number of carbonyl (C=O) groups is 1. The molecule has 1 fully saturated rings. The molecule has 1 aliphatic heterocycles. The van der Waals surface area contributed by atoms with Gasteiger partial charge in [-0.3, -0.25) is 0 Å². The van der Waals surface area contributed by atoms with Crippen molar-refractivity contribution in [2.75, 3.05) is 6.54 Å². The fourth-order valence-electron chi connectivity index (χ4n) is 1.40. The Bertz CT molecular complexity index is 149. The van der Waals surface area contributed by atoms with Crippen molar-refractivity contribution in [2.24, 2.45) is 0 Å². The summed E-state index contributed by atoms with van der Waals surface area (Å²) < 4.78 is 0. The molecule has 0 aliphatic carbocycles. The highest BCUT2D eigenvalue weighted by Gasteiger charge is 2.21. The van der Waals surface area contributed by atoms with Gasteiger partial charge in [-0.1, -0.05) is 0 Å². The number of rotatable bonds is 1. The van der Waals surface area contributed by atoms with Crippen molar-refractivity contribution < 1.29 is 9.90 Å². The van der Waals surface area contributed by atoms with Crippen LogP contribution in [-0.2, 0) is 0 Å². The molecule has 1 rings (SSSR count). The van der Waals surface area contributed by atoms with Gasteiger partial charge in [-0.15, -0.1) is 0 Å². The molecular formula is C7H14N2O2. The van der Waals surface area contributed by atoms with Gasteiger partial charge in [0, 0.05) is 12.1 Å². The largest absolute Gasteiger partial charge is 0.465 e. The molecule has 2 atom stereocenters. The molecule has 11 heavy (non-hydrogen) atoms. The van der Waals surface area contributed by atoms with Crippen LogP contribution in [0.15, 0.2) is 0 Å². The van der Waals surface area contributed by atoms with Crippen LogP contribution in [0.1, 0.15) is 19.8 Å². The number of nitrogens with one attached hydrogen (secondary N) is 2. The molecule has 1 aliphatic rings. The highest BCUT2D eigenvalue weighted by atomic mass is 16.4. The maximum atomic E-state index is 10.3. The van der Waals surface area contributed by atoms with E-state index in [0.717, 1.165) is 19.4 Å². The van der Waals surface area contributed by atoms with E-state index in [1.807, 2.05) is 6.92 Å². The van der Waals surface area contributed by atoms with Crippen LogP contribution >= 0.6 is 0 Å². The second-order valence-corrected chi connectivity index (χ2v) is 2.94. The van der Waals surface area contributed by atoms with Crippen molar-refractivity contribution in [3.8, 4) is 0 Å². The van der Waals surface area contributed by atoms with Crippen LogP contribution in [0.25, 0.3) is 0 Å². The van der Waals surface area contributed by atoms with E-state index in [9.17, 15) is 4.79 Å². The Morgan fingerprint density at radius 1 is 1.73 bits per heavy atom. The third-order valence-electron chi connectivity index (χ3n) is 2.07. The van der Waals surface area contributed by atoms with Gasteiger partial charge >= 0.3 is 6.09 Å². The number of hydrogen-bond donors (Lipinski definition) is 3. The van der Waals surface area contributed by atoms with Crippen molar-refractivity contribution in [2.45, 2.75) is 31.8 Å². The molecule has 4 heteroatoms. The Morgan fingerprint density at radius 3 is 3.00 bits per heavy atom. The van der Waals surface area contributed by atoms with Crippen LogP contribution in [0.5, 0.6) is 0 Å². The summed E-state index contributed by atoms with van der Waals surface area (Å²) in [7, 11) is 0. The molecule has 0 aromatic heterocycles. The lowest BCUT2D eigenvalue weighted by atomic mass is 10.0. The lowest BCUT2D eigenvalue weighted by Crippen LogP contribution is -2.51. The first-order valence-electron chi connectivity index (χ1n) is 3.93. The zero-order valence-corrected chi connectivity index (χ0v) is 6.63. The van der Waals surface area contributed by atoms with Gasteiger partial charge in [0.1, 0.15) is 0 Å². The monoisotopic (exact) mass is 158 g/mol. The van der Waals surface area contributed by atoms with Gasteiger partial charge < -0.3 is 15.7 Å². The van der Waals surface area contributed by atoms with E-state index in [1.165, 1.54) is 0 Å². The third kappa shape index (κ3) is 2.38. The minimum Gasteiger partial charge on any atom is -0.465 e. The molecule has 3 N–H and O–H groups in total. The molecule has 0 aromatic carbocycles. The summed E-state index contributed by atoms with van der Waals surface area (Å²) in [5.74, 6) is 0. The van der Waals surface area contributed by atoms with Crippen LogP contribution in [0.3, 0.4) is 0 Å². The average Bonchev–Trinajstić information content (AvgIpc) is 1.93. The van der Waals surface area contributed by atoms with E-state index in [0.29, 0.717) is 0 Å². The SMILES string of the molecule is CC1NCCC[C@H]1NC(=O)O. The van der Waals surface area contributed by atoms with Crippen LogP contribution in [0.4, 0.5) is 4.79 Å². The Hall–Kier alpha value is -0.770. The maximum absolute atomic E-state index is 10.3. The van der Waals surface area contributed by atoms with Crippen molar-refractivity contribution >= 4 is 6.09 Å². The Kier molecular flexibility index (Phi) is 2.70. The Balaban J connectivity index is 2.35. The number of piperidine rings is 1. The molecule has 0 bridgehead atoms. The molecule has 0 saturated carbocycles. The summed E-state index contributed by atoms with van der Waals surface area (Å²) in [5.41, 5.74) is 0. The van der Waals surface area contributed by atoms with Gasteiger partial charge in [0.15, 0.2) is 0 Å². The van der Waals surface area contributed by atoms with Gasteiger partial charge in [-0.2, -0.15) is 0 Å². The summed E-state index contributed by atoms with van der Waals surface area (Å²) in [6.45, 7) is 3.00. The van der Waals surface area contributed by atoms with Gasteiger partial charge in [0.2, 0.25) is 0 Å². The Labute approximate surface area is 66.0 Å². The third-order valence-corrected chi connectivity index (χ3v) is 2.07. The molecule has 4 nitrogen and oxygen atoms in total. The topological polar surface area (TPSA) is 61.4 Å². The summed E-state index contributed by atoms with van der Waals surface area (Å²) in [4.78, 5) is 10.3. The molecule has 64 valence electrons. The molecule has 1 saturated heterocycles. The second kappa shape index (κ2) is 3.57. The van der Waals surface area contributed by atoms with Gasteiger partial charge in [-0.05, 0) is 26.3 Å². The van der Waals surface area contributed by atoms with E-state index >= 15 is 0 Å². The lowest BCUT2D eigenvalue weighted by molar-refractivity contribution is 0.182. The fraction of sp³-hybridized carbons (Fsp3) is 0.857. The second-order valence-electron chi connectivity index (χ2n) is 2.94. The summed E-state index contributed by atoms with van der Waals surface area (Å²) in [6, 6.07) is 0.348. The first-order valence-corrected chi connectivity index (χ1v) is 3.93. The van der Waals surface area contributed by atoms with Gasteiger partial charge in [0.25, 0.3) is 0 Å². The maximum Gasteiger partial charge on any atom is 0.404 e. The van der Waals surface area contributed by atoms with Crippen LogP contribution < -0.4 is 10.6 Å². The minimum absolute atomic E-state index is 0.0845. The number of carboxylic acid groups (broad SMARTS) is 1. The minimum atomic E-state index is -0.925. The van der Waals surface area contributed by atoms with Crippen LogP contribution in [-0.4, -0.2) is 29.8 Å². The number of hydrogen-bond acceptors (Lipinski definition) is 2. The highest BCUT2D eigenvalue weighted by Crippen LogP contribution is 2.07. The van der Waals surface area contributed by atoms with Crippen molar-refractivity contribution in [1.82, 2.24) is 10.6 Å². The van der Waals surface area contributed by atoms with Gasteiger partial charge in [-0.25, -0.2) is 4.79 Å². The molecule has 0 radical (unpaired) electrons. The quantitative estimate of drug-likeness (QED) is 0.517. The first-order chi connectivity index (χ1) is 5.20. The Morgan fingerprint density at radius 2 is 2.45 bits per heavy atom. The number of amides is 1. The van der Waals surface area contributed by atoms with E-state index < -0.39 is 6.09 Å². The van der Waals surface area contributed by atoms with E-state index in [2.05, 4.69) is 10.6 Å². The molecule has 1 unspecified atom stereocenters. The highest BCUT2D eigenvalue weighted by molar-refractivity contribution is 5.64. The smallest absolute Gasteiger partial charge is 0.404 e. The summed E-state index contributed by atoms with van der Waals surface area (Å²) in [5, 5.41) is 14.1. The first kappa shape index (κ1) is 8.33. The molecule has 0 spiro atoms. The van der Waals surface area contributed by atoms with Crippen LogP contribution in [0, 0.1) is 0 Å². The predicted molar refractivity (Wildman–Crippen MR) is 41.6 cm³/mol. The molecule has 1 heterocycles. The van der Waals surface area contributed by atoms with Crippen LogP contribution in [0.2, 0.25) is 0 Å². The standard InChI is InChI=1S/C7H14N2O2/c1-5-6(9-7(10)11)3-2-4-8-5/h5-6,8-9H,2-4H2,1H3,(H,10,11)/t5?,6-/m1/s1. The average molecular weight is 158 g/mol. The van der Waals surface area contributed by atoms with Crippen molar-refractivity contribution in [3.05, 3.63) is 0 Å². The predicted octanol–water partition coefficient (Wildman–Crippen LogP) is 0.395. The zero-order valence-electron chi connectivity index (χ0n) is 6.63. The van der Waals surface area contributed by atoms with E-state index in [-0.39, 0.29) is 12.1 Å². The van der Waals surface area contributed by atoms with Crippen molar-refractivity contribution in [1.29, 1.82) is 0 Å². The fourth-order valence-corrected chi connectivity index (χ4v) is 1.40. The van der Waals surface area contributed by atoms with Gasteiger partial charge in [0.05, 0.1) is 0 Å². The molecule has 1 amide bonds. The van der Waals surface area contributed by atoms with Crippen molar-refractivity contribution in [3.63, 3.8) is 0 Å². The molecular weight excluding hydrogens is 144 g/mol. The molecule has 0 aromatic rings. The van der Waals surface area contributed by atoms with E-state index in [1.54, 1.807) is 0 Å². The normalized spacial score (nSPS) is 31.4. The summed E-state index contributed by atoms with van der Waals surface area (Å²) >= 11 is 0. The summed E-state index contributed by atoms with van der Waals surface area (Å²) in [6.07, 6.45) is 1.07. The van der Waals surface area contributed by atoms with E-state index in [4.69, 9.17) is 5.11 Å².